The first-order valence-electron chi connectivity index (χ1n) is 9.93. The van der Waals surface area contributed by atoms with E-state index in [1.165, 1.54) is 23.5 Å². The van der Waals surface area contributed by atoms with E-state index >= 15 is 0 Å². The summed E-state index contributed by atoms with van der Waals surface area (Å²) in [5.41, 5.74) is 0.851. The van der Waals surface area contributed by atoms with Crippen LogP contribution in [0.5, 0.6) is 17.2 Å². The molecule has 0 radical (unpaired) electrons. The zero-order valence-electron chi connectivity index (χ0n) is 17.3. The maximum atomic E-state index is 14.1. The summed E-state index contributed by atoms with van der Waals surface area (Å²) in [6.45, 7) is 0.582. The van der Waals surface area contributed by atoms with Gasteiger partial charge in [-0.05, 0) is 37.1 Å². The fraction of sp³-hybridized carbons (Fsp3) is 0.304. The molecule has 1 fully saturated rings. The molecule has 0 bridgehead atoms. The zero-order chi connectivity index (χ0) is 21.8. The van der Waals surface area contributed by atoms with Gasteiger partial charge in [0, 0.05) is 11.4 Å². The topological polar surface area (TPSA) is 60.9 Å². The van der Waals surface area contributed by atoms with E-state index in [1.807, 2.05) is 11.4 Å². The summed E-state index contributed by atoms with van der Waals surface area (Å²) in [7, 11) is 3.14. The van der Waals surface area contributed by atoms with Gasteiger partial charge in [-0.2, -0.15) is 0 Å². The Kier molecular flexibility index (Phi) is 6.36. The van der Waals surface area contributed by atoms with Crippen molar-refractivity contribution in [2.45, 2.75) is 32.0 Å². The van der Waals surface area contributed by atoms with Gasteiger partial charge in [-0.25, -0.2) is 9.37 Å². The van der Waals surface area contributed by atoms with Gasteiger partial charge >= 0.3 is 0 Å². The van der Waals surface area contributed by atoms with Crippen LogP contribution in [0.4, 0.5) is 4.39 Å². The van der Waals surface area contributed by atoms with E-state index in [0.29, 0.717) is 23.8 Å². The van der Waals surface area contributed by atoms with Crippen LogP contribution in [0, 0.1) is 5.82 Å². The summed E-state index contributed by atoms with van der Waals surface area (Å²) in [6.07, 6.45) is 1.85. The molecule has 162 valence electrons. The van der Waals surface area contributed by atoms with E-state index in [1.54, 1.807) is 43.4 Å². The molecule has 1 amide bonds. The molecule has 1 saturated carbocycles. The highest BCUT2D eigenvalue weighted by Gasteiger charge is 2.34. The number of nitrogens with zero attached hydrogens (tertiary/aromatic N) is 2. The van der Waals surface area contributed by atoms with Gasteiger partial charge in [0.2, 0.25) is 5.75 Å². The lowest BCUT2D eigenvalue weighted by Crippen LogP contribution is -2.33. The first-order valence-corrected chi connectivity index (χ1v) is 10.8. The lowest BCUT2D eigenvalue weighted by atomic mass is 10.2. The third-order valence-corrected chi connectivity index (χ3v) is 5.88. The number of benzene rings is 2. The molecule has 0 spiro atoms. The largest absolute Gasteiger partial charge is 0.493 e. The molecule has 4 rings (SSSR count). The van der Waals surface area contributed by atoms with Gasteiger partial charge in [0.05, 0.1) is 32.0 Å². The van der Waals surface area contributed by atoms with Gasteiger partial charge < -0.3 is 19.1 Å². The van der Waals surface area contributed by atoms with Gasteiger partial charge in [0.1, 0.15) is 17.4 Å². The molecule has 2 aromatic carbocycles. The minimum Gasteiger partial charge on any atom is -0.493 e. The Bertz CT molecular complexity index is 1040. The van der Waals surface area contributed by atoms with E-state index in [4.69, 9.17) is 14.2 Å². The summed E-state index contributed by atoms with van der Waals surface area (Å²) in [5, 5.41) is 2.67. The molecule has 31 heavy (non-hydrogen) atoms. The number of hydrogen-bond acceptors (Lipinski definition) is 6. The van der Waals surface area contributed by atoms with Crippen LogP contribution in [-0.2, 0) is 13.2 Å². The monoisotopic (exact) mass is 442 g/mol. The van der Waals surface area contributed by atoms with Crippen molar-refractivity contribution in [2.75, 3.05) is 14.2 Å². The number of hydrogen-bond donors (Lipinski definition) is 0. The summed E-state index contributed by atoms with van der Waals surface area (Å²) in [4.78, 5) is 19.2. The second-order valence-corrected chi connectivity index (χ2v) is 8.10. The van der Waals surface area contributed by atoms with Gasteiger partial charge in [-0.15, -0.1) is 11.3 Å². The van der Waals surface area contributed by atoms with Crippen molar-refractivity contribution in [2.24, 2.45) is 0 Å². The highest BCUT2D eigenvalue weighted by atomic mass is 32.1. The van der Waals surface area contributed by atoms with Crippen LogP contribution >= 0.6 is 11.3 Å². The Morgan fingerprint density at radius 3 is 2.48 bits per heavy atom. The van der Waals surface area contributed by atoms with Gasteiger partial charge in [-0.1, -0.05) is 18.2 Å². The average Bonchev–Trinajstić information content (AvgIpc) is 3.54. The van der Waals surface area contributed by atoms with Gasteiger partial charge in [0.25, 0.3) is 5.91 Å². The highest BCUT2D eigenvalue weighted by Crippen LogP contribution is 2.37. The molecule has 8 heteroatoms. The van der Waals surface area contributed by atoms with Crippen molar-refractivity contribution < 1.29 is 23.4 Å². The van der Waals surface area contributed by atoms with E-state index in [0.717, 1.165) is 23.5 Å². The molecule has 0 atom stereocenters. The van der Waals surface area contributed by atoms with Crippen molar-refractivity contribution in [3.05, 3.63) is 69.9 Å². The van der Waals surface area contributed by atoms with Crippen LogP contribution in [0.25, 0.3) is 0 Å². The normalized spacial score (nSPS) is 13.0. The van der Waals surface area contributed by atoms with Crippen molar-refractivity contribution >= 4 is 17.2 Å². The van der Waals surface area contributed by atoms with E-state index < -0.39 is 5.82 Å². The van der Waals surface area contributed by atoms with Gasteiger partial charge in [0.15, 0.2) is 11.5 Å². The fourth-order valence-electron chi connectivity index (χ4n) is 3.30. The Morgan fingerprint density at radius 2 is 1.84 bits per heavy atom. The van der Waals surface area contributed by atoms with Crippen LogP contribution in [0.2, 0.25) is 0 Å². The van der Waals surface area contributed by atoms with E-state index in [2.05, 4.69) is 4.98 Å². The predicted octanol–water partition coefficient (Wildman–Crippen LogP) is 4.68. The summed E-state index contributed by atoms with van der Waals surface area (Å²) >= 11 is 1.45. The molecule has 0 saturated heterocycles. The Hall–Kier alpha value is -3.13. The van der Waals surface area contributed by atoms with Crippen LogP contribution in [0.1, 0.15) is 33.9 Å². The summed E-state index contributed by atoms with van der Waals surface area (Å²) in [5.74, 6) is 0.859. The summed E-state index contributed by atoms with van der Waals surface area (Å²) < 4.78 is 30.7. The van der Waals surface area contributed by atoms with Crippen molar-refractivity contribution in [3.8, 4) is 17.2 Å². The smallest absolute Gasteiger partial charge is 0.257 e. The third kappa shape index (κ3) is 4.80. The lowest BCUT2D eigenvalue weighted by Gasteiger charge is -2.21. The zero-order valence-corrected chi connectivity index (χ0v) is 18.2. The maximum absolute atomic E-state index is 14.1. The van der Waals surface area contributed by atoms with Gasteiger partial charge in [-0.3, -0.25) is 4.79 Å². The van der Waals surface area contributed by atoms with E-state index in [-0.39, 0.29) is 24.1 Å². The van der Waals surface area contributed by atoms with Crippen LogP contribution < -0.4 is 14.2 Å². The average molecular weight is 443 g/mol. The van der Waals surface area contributed by atoms with Crippen LogP contribution in [-0.4, -0.2) is 36.1 Å². The van der Waals surface area contributed by atoms with Crippen molar-refractivity contribution in [3.63, 3.8) is 0 Å². The first-order chi connectivity index (χ1) is 15.1. The highest BCUT2D eigenvalue weighted by molar-refractivity contribution is 7.09. The molecule has 3 aromatic rings. The number of para-hydroxylation sites is 1. The first kappa shape index (κ1) is 21.1. The molecule has 0 unspecified atom stereocenters. The molecule has 0 aliphatic heterocycles. The molecule has 0 N–H and O–H groups in total. The second kappa shape index (κ2) is 9.34. The molecular weight excluding hydrogens is 419 g/mol. The lowest BCUT2D eigenvalue weighted by molar-refractivity contribution is 0.0723. The minimum atomic E-state index is -0.503. The number of carbonyl (C=O) groups excluding carboxylic acids is 1. The fourth-order valence-corrected chi connectivity index (χ4v) is 3.99. The third-order valence-electron chi connectivity index (χ3n) is 5.01. The number of carbonyl (C=O) groups is 1. The number of rotatable bonds is 9. The molecule has 1 heterocycles. The van der Waals surface area contributed by atoms with Crippen LogP contribution in [0.3, 0.4) is 0 Å². The molecule has 1 aromatic heterocycles. The number of amides is 1. The number of aromatic nitrogens is 1. The SMILES string of the molecule is COc1cccc(OC)c1OCc1nc(CN(C(=O)c2ccccc2F)C2CC2)cs1. The quantitative estimate of drug-likeness (QED) is 0.481. The molecule has 6 nitrogen and oxygen atoms in total. The molecule has 1 aliphatic rings. The van der Waals surface area contributed by atoms with E-state index in [9.17, 15) is 9.18 Å². The van der Waals surface area contributed by atoms with Crippen molar-refractivity contribution in [1.29, 1.82) is 0 Å². The number of halogens is 1. The van der Waals surface area contributed by atoms with Crippen LogP contribution in [0.15, 0.2) is 47.8 Å². The minimum absolute atomic E-state index is 0.0939. The number of thiazole rings is 1. The maximum Gasteiger partial charge on any atom is 0.257 e. The Morgan fingerprint density at radius 1 is 1.13 bits per heavy atom. The molecular formula is C23H23FN2O4S. The Labute approximate surface area is 184 Å². The second-order valence-electron chi connectivity index (χ2n) is 7.16. The number of ether oxygens (including phenoxy) is 3. The summed E-state index contributed by atoms with van der Waals surface area (Å²) in [6, 6.07) is 11.6. The standard InChI is InChI=1S/C23H23FN2O4S/c1-28-19-8-5-9-20(29-2)22(19)30-13-21-25-15(14-31-21)12-26(16-10-11-16)23(27)17-6-3-4-7-18(17)24/h3-9,14,16H,10-13H2,1-2H3. The molecule has 1 aliphatic carbocycles. The Balaban J connectivity index is 1.45. The number of methoxy groups -OCH3 is 2. The van der Waals surface area contributed by atoms with Crippen molar-refractivity contribution in [1.82, 2.24) is 9.88 Å². The predicted molar refractivity (Wildman–Crippen MR) is 115 cm³/mol.